The maximum Gasteiger partial charge on any atom is 0.252 e. The normalized spacial score (nSPS) is 48.6. The molecule has 204 valence electrons. The summed E-state index contributed by atoms with van der Waals surface area (Å²) in [5.74, 6) is -1.24. The second-order valence-electron chi connectivity index (χ2n) is 9.48. The van der Waals surface area contributed by atoms with E-state index in [2.05, 4.69) is 10.6 Å². The Morgan fingerprint density at radius 3 is 2.23 bits per heavy atom. The Morgan fingerprint density at radius 1 is 0.943 bits per heavy atom. The molecule has 0 radical (unpaired) electrons. The fraction of sp³-hybridized carbons (Fsp3) is 0.950. The van der Waals surface area contributed by atoms with Crippen molar-refractivity contribution in [3.8, 4) is 0 Å². The predicted molar refractivity (Wildman–Crippen MR) is 120 cm³/mol. The molecule has 3 fully saturated rings. The van der Waals surface area contributed by atoms with E-state index in [1.54, 1.807) is 0 Å². The van der Waals surface area contributed by atoms with Gasteiger partial charge in [0.1, 0.15) is 24.4 Å². The van der Waals surface area contributed by atoms with Crippen LogP contribution in [0.25, 0.3) is 0 Å². The monoisotopic (exact) mass is 508 g/mol. The Bertz CT molecular complexity index is 708. The first kappa shape index (κ1) is 28.5. The average Bonchev–Trinajstić information content (AvgIpc) is 3.12. The number of ether oxygens (including phenoxy) is 3. The first-order valence-electron chi connectivity index (χ1n) is 11.7. The van der Waals surface area contributed by atoms with Crippen molar-refractivity contribution in [2.24, 2.45) is 28.9 Å². The van der Waals surface area contributed by atoms with Gasteiger partial charge < -0.3 is 73.3 Å². The van der Waals surface area contributed by atoms with Gasteiger partial charge in [0.15, 0.2) is 12.4 Å². The standard InChI is InChI=1S/C20H40N6O9/c1-33-20-16(31)15(30)18(35-20)19(32)26-3-2-25-11-9(6(22)4-7(23)12(11)27)17-10(24)14(29)13(28)8(5-21)34-17/h6-18,20,25,27-31H,2-5,21-24H2,1H3,(H,26,32)/t6-,7+,8+,9+,10+,11+,12-,13+,14+,15-,16+,17+,18-,20+/m0/s1. The van der Waals surface area contributed by atoms with Gasteiger partial charge in [-0.05, 0) is 6.42 Å². The van der Waals surface area contributed by atoms with Gasteiger partial charge in [-0.1, -0.05) is 0 Å². The summed E-state index contributed by atoms with van der Waals surface area (Å²) in [6, 6.07) is -2.89. The second kappa shape index (κ2) is 12.0. The molecule has 3 rings (SSSR count). The van der Waals surface area contributed by atoms with E-state index in [1.165, 1.54) is 7.11 Å². The molecule has 15 N–H and O–H groups in total. The zero-order valence-electron chi connectivity index (χ0n) is 19.6. The van der Waals surface area contributed by atoms with Crippen LogP contribution in [0.15, 0.2) is 0 Å². The van der Waals surface area contributed by atoms with Gasteiger partial charge in [0.05, 0.1) is 24.4 Å². The highest BCUT2D eigenvalue weighted by atomic mass is 16.7. The number of aliphatic hydroxyl groups is 5. The number of methoxy groups -OCH3 is 1. The molecule has 2 heterocycles. The highest BCUT2D eigenvalue weighted by molar-refractivity contribution is 5.81. The lowest BCUT2D eigenvalue weighted by Gasteiger charge is -2.51. The molecule has 2 aliphatic heterocycles. The van der Waals surface area contributed by atoms with Gasteiger partial charge in [0, 0.05) is 50.8 Å². The van der Waals surface area contributed by atoms with Gasteiger partial charge in [-0.2, -0.15) is 0 Å². The van der Waals surface area contributed by atoms with E-state index in [4.69, 9.17) is 37.1 Å². The topological polar surface area (TPSA) is 274 Å². The van der Waals surface area contributed by atoms with Crippen molar-refractivity contribution in [3.05, 3.63) is 0 Å². The van der Waals surface area contributed by atoms with Crippen LogP contribution in [0, 0.1) is 5.92 Å². The van der Waals surface area contributed by atoms with Crippen molar-refractivity contribution in [1.82, 2.24) is 10.6 Å². The van der Waals surface area contributed by atoms with E-state index < -0.39 is 91.1 Å². The number of aliphatic hydroxyl groups excluding tert-OH is 5. The molecule has 35 heavy (non-hydrogen) atoms. The minimum atomic E-state index is -1.45. The van der Waals surface area contributed by atoms with Crippen molar-refractivity contribution < 1.29 is 44.5 Å². The van der Waals surface area contributed by atoms with Crippen LogP contribution in [0.3, 0.4) is 0 Å². The van der Waals surface area contributed by atoms with E-state index in [1.807, 2.05) is 0 Å². The third-order valence-corrected chi connectivity index (χ3v) is 7.22. The molecular weight excluding hydrogens is 468 g/mol. The minimum Gasteiger partial charge on any atom is -0.390 e. The van der Waals surface area contributed by atoms with Gasteiger partial charge in [-0.3, -0.25) is 4.79 Å². The molecular formula is C20H40N6O9. The maximum atomic E-state index is 12.4. The summed E-state index contributed by atoms with van der Waals surface area (Å²) in [7, 11) is 1.28. The van der Waals surface area contributed by atoms with Gasteiger partial charge >= 0.3 is 0 Å². The Balaban J connectivity index is 1.63. The number of carbonyl (C=O) groups excluding carboxylic acids is 1. The summed E-state index contributed by atoms with van der Waals surface area (Å²) >= 11 is 0. The predicted octanol–water partition coefficient (Wildman–Crippen LogP) is -7.04. The van der Waals surface area contributed by atoms with Crippen LogP contribution in [0.2, 0.25) is 0 Å². The highest BCUT2D eigenvalue weighted by Crippen LogP contribution is 2.33. The molecule has 15 heteroatoms. The van der Waals surface area contributed by atoms with Crippen molar-refractivity contribution in [2.45, 2.75) is 85.7 Å². The van der Waals surface area contributed by atoms with Crippen molar-refractivity contribution in [1.29, 1.82) is 0 Å². The van der Waals surface area contributed by atoms with Gasteiger partial charge in [-0.25, -0.2) is 0 Å². The van der Waals surface area contributed by atoms with Gasteiger partial charge in [0.2, 0.25) is 0 Å². The lowest BCUT2D eigenvalue weighted by molar-refractivity contribution is -0.199. The van der Waals surface area contributed by atoms with E-state index in [-0.39, 0.29) is 26.1 Å². The SMILES string of the molecule is CO[C@@H]1O[C@H](C(=O)NCCN[C@H]2[C@@H](O)[C@H](N)C[C@H](N)[C@H]2[C@H]2O[C@H](CN)[C@@H](O)[C@H](O)[C@H]2N)[C@@H](O)[C@H]1O. The molecule has 14 atom stereocenters. The van der Waals surface area contributed by atoms with Crippen molar-refractivity contribution in [3.63, 3.8) is 0 Å². The molecule has 0 spiro atoms. The Morgan fingerprint density at radius 2 is 1.63 bits per heavy atom. The summed E-state index contributed by atoms with van der Waals surface area (Å²) in [4.78, 5) is 12.4. The number of hydrogen-bond donors (Lipinski definition) is 11. The maximum absolute atomic E-state index is 12.4. The van der Waals surface area contributed by atoms with Crippen molar-refractivity contribution >= 4 is 5.91 Å². The van der Waals surface area contributed by atoms with Crippen LogP contribution in [0.5, 0.6) is 0 Å². The van der Waals surface area contributed by atoms with E-state index in [0.29, 0.717) is 0 Å². The van der Waals surface area contributed by atoms with Crippen molar-refractivity contribution in [2.75, 3.05) is 26.7 Å². The number of carbonyl (C=O) groups is 1. The summed E-state index contributed by atoms with van der Waals surface area (Å²) in [6.07, 6.45) is -10.2. The number of hydrogen-bond acceptors (Lipinski definition) is 14. The van der Waals surface area contributed by atoms with Gasteiger partial charge in [-0.15, -0.1) is 0 Å². The molecule has 0 unspecified atom stereocenters. The van der Waals surface area contributed by atoms with Crippen LogP contribution in [0.4, 0.5) is 0 Å². The largest absolute Gasteiger partial charge is 0.390 e. The third kappa shape index (κ3) is 5.77. The molecule has 1 aliphatic carbocycles. The fourth-order valence-electron chi connectivity index (χ4n) is 5.22. The van der Waals surface area contributed by atoms with E-state index in [9.17, 15) is 30.3 Å². The lowest BCUT2D eigenvalue weighted by atomic mass is 9.70. The number of amides is 1. The summed E-state index contributed by atoms with van der Waals surface area (Å²) in [5, 5.41) is 57.0. The van der Waals surface area contributed by atoms with Crippen LogP contribution >= 0.6 is 0 Å². The molecule has 2 saturated heterocycles. The van der Waals surface area contributed by atoms with Crippen LogP contribution in [0.1, 0.15) is 6.42 Å². The highest BCUT2D eigenvalue weighted by Gasteiger charge is 2.52. The number of rotatable bonds is 8. The molecule has 0 aromatic heterocycles. The molecule has 1 amide bonds. The van der Waals surface area contributed by atoms with E-state index >= 15 is 0 Å². The lowest BCUT2D eigenvalue weighted by Crippen LogP contribution is -2.72. The second-order valence-corrected chi connectivity index (χ2v) is 9.48. The van der Waals surface area contributed by atoms with Crippen LogP contribution in [-0.4, -0.2) is 137 Å². The van der Waals surface area contributed by atoms with Crippen LogP contribution in [-0.2, 0) is 19.0 Å². The first-order chi connectivity index (χ1) is 16.5. The Kier molecular flexibility index (Phi) is 9.78. The average molecular weight is 509 g/mol. The smallest absolute Gasteiger partial charge is 0.252 e. The fourth-order valence-corrected chi connectivity index (χ4v) is 5.22. The Labute approximate surface area is 203 Å². The first-order valence-corrected chi connectivity index (χ1v) is 11.7. The Hall–Kier alpha value is -1.05. The molecule has 0 aromatic rings. The third-order valence-electron chi connectivity index (χ3n) is 7.22. The summed E-state index contributed by atoms with van der Waals surface area (Å²) < 4.78 is 16.0. The summed E-state index contributed by atoms with van der Waals surface area (Å²) in [6.45, 7) is 0.184. The van der Waals surface area contributed by atoms with Crippen LogP contribution < -0.4 is 33.6 Å². The minimum absolute atomic E-state index is 0.0523. The zero-order chi connectivity index (χ0) is 26.0. The molecule has 0 aromatic carbocycles. The number of nitrogens with one attached hydrogen (secondary N) is 2. The summed E-state index contributed by atoms with van der Waals surface area (Å²) in [5.41, 5.74) is 24.3. The molecule has 0 bridgehead atoms. The van der Waals surface area contributed by atoms with Gasteiger partial charge in [0.25, 0.3) is 5.91 Å². The molecule has 1 saturated carbocycles. The zero-order valence-corrected chi connectivity index (χ0v) is 19.6. The van der Waals surface area contributed by atoms with E-state index in [0.717, 1.165) is 0 Å². The quantitative estimate of drug-likeness (QED) is 0.136. The molecule has 15 nitrogen and oxygen atoms in total. The molecule has 3 aliphatic rings. The number of nitrogens with two attached hydrogens (primary N) is 4.